The van der Waals surface area contributed by atoms with Gasteiger partial charge in [-0.05, 0) is 61.4 Å². The maximum atomic E-state index is 5.96. The molecule has 3 aromatic carbocycles. The summed E-state index contributed by atoms with van der Waals surface area (Å²) in [6, 6.07) is 26.8. The summed E-state index contributed by atoms with van der Waals surface area (Å²) < 4.78 is 8.15. The van der Waals surface area contributed by atoms with Crippen molar-refractivity contribution in [3.8, 4) is 28.6 Å². The first-order chi connectivity index (χ1) is 16.7. The van der Waals surface area contributed by atoms with Crippen LogP contribution in [0.3, 0.4) is 0 Å². The Morgan fingerprint density at radius 1 is 0.676 bits per heavy atom. The lowest BCUT2D eigenvalue weighted by molar-refractivity contribution is 0.463. The number of nitrogens with zero attached hydrogens (tertiary/aromatic N) is 4. The molecule has 0 radical (unpaired) electrons. The van der Waals surface area contributed by atoms with Gasteiger partial charge in [0.15, 0.2) is 5.82 Å². The highest BCUT2D eigenvalue weighted by molar-refractivity contribution is 6.10. The van der Waals surface area contributed by atoms with E-state index >= 15 is 0 Å². The predicted molar refractivity (Wildman–Crippen MR) is 136 cm³/mol. The normalized spacial score (nSPS) is 11.2. The Morgan fingerprint density at radius 2 is 1.59 bits per heavy atom. The van der Waals surface area contributed by atoms with E-state index in [2.05, 4.69) is 68.9 Å². The van der Waals surface area contributed by atoms with Crippen LogP contribution >= 0.6 is 0 Å². The van der Waals surface area contributed by atoms with Gasteiger partial charge in [0.1, 0.15) is 5.75 Å². The molecule has 5 heteroatoms. The van der Waals surface area contributed by atoms with Gasteiger partial charge in [-0.2, -0.15) is 0 Å². The number of rotatable bonds is 4. The average molecular weight is 443 g/mol. The van der Waals surface area contributed by atoms with Crippen LogP contribution in [0.4, 0.5) is 0 Å². The van der Waals surface area contributed by atoms with Crippen LogP contribution in [0.2, 0.25) is 0 Å². The number of aromatic nitrogens is 4. The van der Waals surface area contributed by atoms with Gasteiger partial charge in [0.2, 0.25) is 5.88 Å². The molecule has 0 bridgehead atoms. The van der Waals surface area contributed by atoms with E-state index in [1.807, 2.05) is 55.7 Å². The Hall–Kier alpha value is -4.51. The minimum Gasteiger partial charge on any atom is -0.439 e. The Bertz CT molecular complexity index is 1640. The second kappa shape index (κ2) is 8.12. The number of hydrogen-bond donors (Lipinski definition) is 0. The van der Waals surface area contributed by atoms with Crippen LogP contribution in [0.1, 0.15) is 11.3 Å². The molecule has 0 N–H and O–H groups in total. The Morgan fingerprint density at radius 3 is 2.41 bits per heavy atom. The van der Waals surface area contributed by atoms with E-state index < -0.39 is 0 Å². The number of pyridine rings is 1. The number of ether oxygens (including phenoxy) is 1. The van der Waals surface area contributed by atoms with Gasteiger partial charge in [-0.15, -0.1) is 0 Å². The molecular formula is C29H22N4O. The Balaban J connectivity index is 1.52. The van der Waals surface area contributed by atoms with E-state index in [-0.39, 0.29) is 0 Å². The largest absolute Gasteiger partial charge is 0.439 e. The van der Waals surface area contributed by atoms with Crippen molar-refractivity contribution < 1.29 is 4.74 Å². The van der Waals surface area contributed by atoms with Crippen molar-refractivity contribution in [3.63, 3.8) is 0 Å². The number of aryl methyl sites for hydroxylation is 2. The third kappa shape index (κ3) is 3.57. The molecule has 0 atom stereocenters. The summed E-state index contributed by atoms with van der Waals surface area (Å²) >= 11 is 0. The summed E-state index contributed by atoms with van der Waals surface area (Å²) in [5, 5.41) is 2.39. The van der Waals surface area contributed by atoms with E-state index in [4.69, 9.17) is 4.74 Å². The van der Waals surface area contributed by atoms with E-state index in [0.29, 0.717) is 5.88 Å². The van der Waals surface area contributed by atoms with Crippen LogP contribution in [0.15, 0.2) is 97.5 Å². The molecule has 0 fully saturated rings. The first-order valence-electron chi connectivity index (χ1n) is 11.2. The lowest BCUT2D eigenvalue weighted by Crippen LogP contribution is -1.99. The van der Waals surface area contributed by atoms with Gasteiger partial charge >= 0.3 is 0 Å². The SMILES string of the molecule is Cc1ccc2c(c1)c1ccc(-c3cccc(Oc4ccccn4)c3)cc1n2-c1cnc(C)cn1. The molecule has 0 aliphatic heterocycles. The van der Waals surface area contributed by atoms with Crippen LogP contribution in [0.25, 0.3) is 38.8 Å². The van der Waals surface area contributed by atoms with Crippen LogP contribution < -0.4 is 4.74 Å². The van der Waals surface area contributed by atoms with Gasteiger partial charge in [-0.1, -0.05) is 42.0 Å². The molecule has 6 rings (SSSR count). The van der Waals surface area contributed by atoms with E-state index in [1.165, 1.54) is 16.3 Å². The fraction of sp³-hybridized carbons (Fsp3) is 0.0690. The summed E-state index contributed by atoms with van der Waals surface area (Å²) in [6.07, 6.45) is 5.37. The first kappa shape index (κ1) is 20.1. The maximum Gasteiger partial charge on any atom is 0.219 e. The summed E-state index contributed by atoms with van der Waals surface area (Å²) in [4.78, 5) is 13.4. The lowest BCUT2D eigenvalue weighted by atomic mass is 10.0. The molecule has 5 nitrogen and oxygen atoms in total. The quantitative estimate of drug-likeness (QED) is 0.294. The van der Waals surface area contributed by atoms with Crippen LogP contribution in [0.5, 0.6) is 11.6 Å². The maximum absolute atomic E-state index is 5.96. The second-order valence-corrected chi connectivity index (χ2v) is 8.40. The van der Waals surface area contributed by atoms with Gasteiger partial charge in [0.25, 0.3) is 0 Å². The van der Waals surface area contributed by atoms with Crippen molar-refractivity contribution in [2.24, 2.45) is 0 Å². The monoisotopic (exact) mass is 442 g/mol. The molecular weight excluding hydrogens is 420 g/mol. The molecule has 3 aromatic heterocycles. The highest BCUT2D eigenvalue weighted by Crippen LogP contribution is 2.35. The number of fused-ring (bicyclic) bond motifs is 3. The zero-order valence-corrected chi connectivity index (χ0v) is 18.9. The minimum absolute atomic E-state index is 0.573. The number of benzene rings is 3. The van der Waals surface area contributed by atoms with Crippen LogP contribution in [-0.4, -0.2) is 19.5 Å². The molecule has 34 heavy (non-hydrogen) atoms. The van der Waals surface area contributed by atoms with Crippen molar-refractivity contribution in [1.29, 1.82) is 0 Å². The third-order valence-corrected chi connectivity index (χ3v) is 5.95. The van der Waals surface area contributed by atoms with Gasteiger partial charge in [0.05, 0.1) is 29.1 Å². The molecule has 3 heterocycles. The highest BCUT2D eigenvalue weighted by atomic mass is 16.5. The zero-order valence-electron chi connectivity index (χ0n) is 18.9. The fourth-order valence-corrected chi connectivity index (χ4v) is 4.33. The third-order valence-electron chi connectivity index (χ3n) is 5.95. The van der Waals surface area contributed by atoms with Crippen molar-refractivity contribution in [1.82, 2.24) is 19.5 Å². The standard InChI is InChI=1S/C29H22N4O/c1-19-9-12-26-25(14-19)24-11-10-22(16-27(24)33(26)28-18-31-20(2)17-32-28)21-6-5-7-23(15-21)34-29-8-3-4-13-30-29/h3-18H,1-2H3. The summed E-state index contributed by atoms with van der Waals surface area (Å²) in [7, 11) is 0. The van der Waals surface area contributed by atoms with Gasteiger partial charge in [-0.25, -0.2) is 9.97 Å². The molecule has 0 aliphatic rings. The zero-order chi connectivity index (χ0) is 23.1. The van der Waals surface area contributed by atoms with Crippen molar-refractivity contribution in [3.05, 3.63) is 109 Å². The number of hydrogen-bond acceptors (Lipinski definition) is 4. The van der Waals surface area contributed by atoms with Gasteiger partial charge < -0.3 is 4.74 Å². The smallest absolute Gasteiger partial charge is 0.219 e. The van der Waals surface area contributed by atoms with Crippen LogP contribution in [-0.2, 0) is 0 Å². The molecule has 0 aliphatic carbocycles. The van der Waals surface area contributed by atoms with Crippen molar-refractivity contribution in [2.45, 2.75) is 13.8 Å². The highest BCUT2D eigenvalue weighted by Gasteiger charge is 2.15. The van der Waals surface area contributed by atoms with Crippen molar-refractivity contribution in [2.75, 3.05) is 0 Å². The van der Waals surface area contributed by atoms with E-state index in [9.17, 15) is 0 Å². The molecule has 0 amide bonds. The van der Waals surface area contributed by atoms with Crippen molar-refractivity contribution >= 4 is 21.8 Å². The molecule has 6 aromatic rings. The topological polar surface area (TPSA) is 52.8 Å². The fourth-order valence-electron chi connectivity index (χ4n) is 4.33. The molecule has 164 valence electrons. The van der Waals surface area contributed by atoms with Crippen LogP contribution in [0, 0.1) is 13.8 Å². The second-order valence-electron chi connectivity index (χ2n) is 8.40. The molecule has 0 saturated heterocycles. The molecule has 0 spiro atoms. The summed E-state index contributed by atoms with van der Waals surface area (Å²) in [5.74, 6) is 2.12. The van der Waals surface area contributed by atoms with E-state index in [0.717, 1.165) is 39.4 Å². The van der Waals surface area contributed by atoms with Gasteiger partial charge in [-0.3, -0.25) is 9.55 Å². The lowest BCUT2D eigenvalue weighted by Gasteiger charge is -2.09. The first-order valence-corrected chi connectivity index (χ1v) is 11.2. The summed E-state index contributed by atoms with van der Waals surface area (Å²) in [5.41, 5.74) is 6.49. The molecule has 0 saturated carbocycles. The average Bonchev–Trinajstić information content (AvgIpc) is 3.18. The summed E-state index contributed by atoms with van der Waals surface area (Å²) in [6.45, 7) is 4.07. The van der Waals surface area contributed by atoms with Gasteiger partial charge in [0, 0.05) is 23.0 Å². The molecule has 0 unspecified atom stereocenters. The Kier molecular flexibility index (Phi) is 4.81. The Labute approximate surface area is 197 Å². The predicted octanol–water partition coefficient (Wildman–Crippen LogP) is 7.04. The van der Waals surface area contributed by atoms with E-state index in [1.54, 1.807) is 6.20 Å². The minimum atomic E-state index is 0.573.